The molecule has 1 N–H and O–H groups in total. The summed E-state index contributed by atoms with van der Waals surface area (Å²) in [6, 6.07) is 32.0. The maximum atomic E-state index is 13.5. The first-order chi connectivity index (χ1) is 18.1. The van der Waals surface area contributed by atoms with Gasteiger partial charge in [-0.15, -0.1) is 0 Å². The Kier molecular flexibility index (Phi) is 5.77. The van der Waals surface area contributed by atoms with Gasteiger partial charge in [0.2, 0.25) is 0 Å². The zero-order valence-electron chi connectivity index (χ0n) is 20.1. The normalized spacial score (nSPS) is 16.2. The Morgan fingerprint density at radius 1 is 0.757 bits per heavy atom. The Hall–Kier alpha value is -4.71. The number of nitrogens with zero attached hydrogens (tertiary/aromatic N) is 2. The molecule has 2 aliphatic heterocycles. The number of carbonyl (C=O) groups excluding carboxylic acids is 3. The number of amides is 2. The molecule has 0 aromatic heterocycles. The summed E-state index contributed by atoms with van der Waals surface area (Å²) in [6.45, 7) is 0.863. The van der Waals surface area contributed by atoms with Crippen LogP contribution in [0.15, 0.2) is 103 Å². The van der Waals surface area contributed by atoms with Crippen molar-refractivity contribution in [2.75, 3.05) is 28.2 Å². The summed E-state index contributed by atoms with van der Waals surface area (Å²) < 4.78 is 0. The van der Waals surface area contributed by atoms with Gasteiger partial charge in [0.1, 0.15) is 0 Å². The molecule has 0 bridgehead atoms. The van der Waals surface area contributed by atoms with Crippen molar-refractivity contribution < 1.29 is 14.4 Å². The van der Waals surface area contributed by atoms with Crippen LogP contribution in [0.4, 0.5) is 17.1 Å². The smallest absolute Gasteiger partial charge is 0.258 e. The van der Waals surface area contributed by atoms with Gasteiger partial charge >= 0.3 is 0 Å². The number of benzene rings is 4. The minimum Gasteiger partial charge on any atom is -0.357 e. The average Bonchev–Trinajstić information content (AvgIpc) is 3.33. The lowest BCUT2D eigenvalue weighted by molar-refractivity contribution is -0.116. The van der Waals surface area contributed by atoms with Crippen molar-refractivity contribution in [2.45, 2.75) is 12.5 Å². The third kappa shape index (κ3) is 4.27. The number of fused-ring (bicyclic) bond motifs is 3. The fourth-order valence-electron chi connectivity index (χ4n) is 5.24. The van der Waals surface area contributed by atoms with E-state index < -0.39 is 0 Å². The van der Waals surface area contributed by atoms with E-state index in [1.807, 2.05) is 72.8 Å². The Morgan fingerprint density at radius 3 is 2.22 bits per heavy atom. The van der Waals surface area contributed by atoms with E-state index in [9.17, 15) is 14.4 Å². The third-order valence-electron chi connectivity index (χ3n) is 7.02. The lowest BCUT2D eigenvalue weighted by Gasteiger charge is -2.39. The zero-order valence-corrected chi connectivity index (χ0v) is 20.1. The summed E-state index contributed by atoms with van der Waals surface area (Å²) >= 11 is 0. The van der Waals surface area contributed by atoms with Crippen LogP contribution in [0, 0.1) is 0 Å². The Morgan fingerprint density at radius 2 is 1.43 bits per heavy atom. The van der Waals surface area contributed by atoms with Crippen LogP contribution in [0.3, 0.4) is 0 Å². The Bertz CT molecular complexity index is 1500. The second-order valence-corrected chi connectivity index (χ2v) is 9.37. The van der Waals surface area contributed by atoms with Crippen LogP contribution in [0.2, 0.25) is 0 Å². The minimum absolute atomic E-state index is 0.00501. The second kappa shape index (κ2) is 9.39. The van der Waals surface area contributed by atoms with Gasteiger partial charge < -0.3 is 15.1 Å². The maximum absolute atomic E-state index is 13.5. The molecule has 2 amide bonds. The molecule has 2 aliphatic rings. The van der Waals surface area contributed by atoms with Gasteiger partial charge in [-0.05, 0) is 53.6 Å². The van der Waals surface area contributed by atoms with Gasteiger partial charge in [-0.25, -0.2) is 0 Å². The van der Waals surface area contributed by atoms with E-state index in [0.717, 1.165) is 22.5 Å². The summed E-state index contributed by atoms with van der Waals surface area (Å²) in [5.41, 5.74) is 5.27. The van der Waals surface area contributed by atoms with Crippen LogP contribution in [-0.2, 0) is 4.79 Å². The van der Waals surface area contributed by atoms with Crippen LogP contribution < -0.4 is 15.1 Å². The third-order valence-corrected chi connectivity index (χ3v) is 7.02. The summed E-state index contributed by atoms with van der Waals surface area (Å²) in [7, 11) is 0. The van der Waals surface area contributed by atoms with Gasteiger partial charge in [0.25, 0.3) is 11.8 Å². The van der Waals surface area contributed by atoms with Crippen molar-refractivity contribution in [1.29, 1.82) is 0 Å². The highest BCUT2D eigenvalue weighted by Crippen LogP contribution is 2.39. The van der Waals surface area contributed by atoms with Crippen molar-refractivity contribution in [3.63, 3.8) is 0 Å². The highest BCUT2D eigenvalue weighted by atomic mass is 16.2. The first-order valence-corrected chi connectivity index (χ1v) is 12.3. The van der Waals surface area contributed by atoms with E-state index in [1.54, 1.807) is 35.2 Å². The minimum atomic E-state index is -0.213. The highest BCUT2D eigenvalue weighted by Gasteiger charge is 2.39. The quantitative estimate of drug-likeness (QED) is 0.418. The molecule has 1 fully saturated rings. The maximum Gasteiger partial charge on any atom is 0.258 e. The molecule has 6 heteroatoms. The SMILES string of the molecule is O=C1C[C@@H]2CN(C(=O)c3ccc(NC(=O)c4ccccc4-c4ccccc4)cc3)c3ccccc3N2C1. The fraction of sp³-hybridized carbons (Fsp3) is 0.129. The first-order valence-electron chi connectivity index (χ1n) is 12.3. The molecule has 0 unspecified atom stereocenters. The van der Waals surface area contributed by atoms with E-state index in [-0.39, 0.29) is 23.6 Å². The molecular weight excluding hydrogens is 462 g/mol. The molecule has 0 aliphatic carbocycles. The van der Waals surface area contributed by atoms with E-state index in [0.29, 0.717) is 36.3 Å². The molecule has 4 aromatic carbocycles. The van der Waals surface area contributed by atoms with Gasteiger partial charge in [0, 0.05) is 29.8 Å². The predicted molar refractivity (Wildman–Crippen MR) is 145 cm³/mol. The first kappa shape index (κ1) is 22.7. The Labute approximate surface area is 215 Å². The molecule has 0 radical (unpaired) electrons. The van der Waals surface area contributed by atoms with Gasteiger partial charge in [-0.2, -0.15) is 0 Å². The molecule has 2 heterocycles. The van der Waals surface area contributed by atoms with Crippen molar-refractivity contribution in [3.05, 3.63) is 114 Å². The summed E-state index contributed by atoms with van der Waals surface area (Å²) in [5.74, 6) is -0.142. The van der Waals surface area contributed by atoms with Crippen LogP contribution in [0.1, 0.15) is 27.1 Å². The number of anilines is 3. The zero-order chi connectivity index (χ0) is 25.4. The van der Waals surface area contributed by atoms with Crippen LogP contribution in [0.5, 0.6) is 0 Å². The molecular formula is C31H25N3O3. The lowest BCUT2D eigenvalue weighted by atomic mass is 9.99. The van der Waals surface area contributed by atoms with Gasteiger partial charge in [0.05, 0.1) is 24.0 Å². The van der Waals surface area contributed by atoms with E-state index in [4.69, 9.17) is 0 Å². The number of rotatable bonds is 4. The fourth-order valence-corrected chi connectivity index (χ4v) is 5.24. The topological polar surface area (TPSA) is 69.7 Å². The lowest BCUT2D eigenvalue weighted by Crippen LogP contribution is -2.48. The monoisotopic (exact) mass is 487 g/mol. The van der Waals surface area contributed by atoms with E-state index in [1.165, 1.54) is 0 Å². The summed E-state index contributed by atoms with van der Waals surface area (Å²) in [4.78, 5) is 42.6. The number of para-hydroxylation sites is 2. The van der Waals surface area contributed by atoms with Gasteiger partial charge in [-0.1, -0.05) is 60.7 Å². The molecule has 1 atom stereocenters. The Balaban J connectivity index is 1.21. The van der Waals surface area contributed by atoms with Crippen LogP contribution in [-0.4, -0.2) is 36.7 Å². The van der Waals surface area contributed by atoms with Crippen molar-refractivity contribution in [3.8, 4) is 11.1 Å². The van der Waals surface area contributed by atoms with E-state index in [2.05, 4.69) is 10.2 Å². The molecule has 182 valence electrons. The molecule has 6 rings (SSSR count). The number of hydrogen-bond acceptors (Lipinski definition) is 4. The summed E-state index contributed by atoms with van der Waals surface area (Å²) in [6.07, 6.45) is 0.452. The molecule has 37 heavy (non-hydrogen) atoms. The molecule has 6 nitrogen and oxygen atoms in total. The summed E-state index contributed by atoms with van der Waals surface area (Å²) in [5, 5.41) is 2.96. The van der Waals surface area contributed by atoms with Crippen molar-refractivity contribution in [1.82, 2.24) is 0 Å². The molecule has 4 aromatic rings. The number of Topliss-reactive ketones (excluding diaryl/α,β-unsaturated/α-hetero) is 1. The number of nitrogens with one attached hydrogen (secondary N) is 1. The standard InChI is InChI=1S/C31H25N3O3/c35-25-18-24-19-34(29-13-7-6-12-28(29)33(24)20-25)31(37)22-14-16-23(17-15-22)32-30(36)27-11-5-4-10-26(27)21-8-2-1-3-9-21/h1-17,24H,18-20H2,(H,32,36)/t24-/m1/s1. The largest absolute Gasteiger partial charge is 0.357 e. The molecule has 0 spiro atoms. The predicted octanol–water partition coefficient (Wildman–Crippen LogP) is 5.41. The molecule has 1 saturated heterocycles. The average molecular weight is 488 g/mol. The number of hydrogen-bond donors (Lipinski definition) is 1. The molecule has 0 saturated carbocycles. The van der Waals surface area contributed by atoms with Gasteiger partial charge in [-0.3, -0.25) is 14.4 Å². The second-order valence-electron chi connectivity index (χ2n) is 9.37. The van der Waals surface area contributed by atoms with Crippen LogP contribution >= 0.6 is 0 Å². The van der Waals surface area contributed by atoms with Crippen molar-refractivity contribution >= 4 is 34.7 Å². The number of ketones is 1. The van der Waals surface area contributed by atoms with Gasteiger partial charge in [0.15, 0.2) is 5.78 Å². The highest BCUT2D eigenvalue weighted by molar-refractivity contribution is 6.11. The van der Waals surface area contributed by atoms with E-state index >= 15 is 0 Å². The van der Waals surface area contributed by atoms with Crippen molar-refractivity contribution in [2.24, 2.45) is 0 Å². The number of carbonyl (C=O) groups is 3. The van der Waals surface area contributed by atoms with Crippen LogP contribution in [0.25, 0.3) is 11.1 Å².